The molecule has 0 saturated carbocycles. The number of piperazine rings is 1. The molecule has 1 heterocycles. The number of aliphatic hydroxyl groups is 2. The van der Waals surface area contributed by atoms with Crippen LogP contribution in [0.4, 0.5) is 0 Å². The number of rotatable bonds is 8. The fourth-order valence-electron chi connectivity index (χ4n) is 2.57. The lowest BCUT2D eigenvalue weighted by Gasteiger charge is -2.35. The number of β-amino-alcohol motifs (C(OH)–C–C–N with tert-alkyl or cyclic N) is 2. The molecular weight excluding hydrogens is 268 g/mol. The summed E-state index contributed by atoms with van der Waals surface area (Å²) in [5.41, 5.74) is 1.13. The quantitative estimate of drug-likeness (QED) is 0.716. The lowest BCUT2D eigenvalue weighted by atomic mass is 10.2. The molecule has 5 heteroatoms. The largest absolute Gasteiger partial charge is 0.395 e. The first-order valence-corrected chi connectivity index (χ1v) is 7.63. The van der Waals surface area contributed by atoms with Gasteiger partial charge in [0, 0.05) is 39.3 Å². The third-order valence-electron chi connectivity index (χ3n) is 3.77. The average Bonchev–Trinajstić information content (AvgIpc) is 2.51. The van der Waals surface area contributed by atoms with Gasteiger partial charge in [0.15, 0.2) is 0 Å². The summed E-state index contributed by atoms with van der Waals surface area (Å²) >= 11 is 0. The van der Waals surface area contributed by atoms with E-state index in [9.17, 15) is 5.11 Å². The van der Waals surface area contributed by atoms with E-state index in [-0.39, 0.29) is 6.61 Å². The second-order valence-electron chi connectivity index (χ2n) is 5.52. The smallest absolute Gasteiger partial charge is 0.0900 e. The number of aliphatic hydroxyl groups excluding tert-OH is 2. The molecule has 0 bridgehead atoms. The maximum absolute atomic E-state index is 10.0. The summed E-state index contributed by atoms with van der Waals surface area (Å²) in [6.45, 7) is 6.32. The van der Waals surface area contributed by atoms with Crippen LogP contribution in [0.3, 0.4) is 0 Å². The Hall–Kier alpha value is -0.980. The Balaban J connectivity index is 1.58. The zero-order chi connectivity index (χ0) is 14.9. The molecule has 21 heavy (non-hydrogen) atoms. The molecule has 118 valence electrons. The highest BCUT2D eigenvalue weighted by molar-refractivity contribution is 5.13. The first-order chi connectivity index (χ1) is 10.3. The van der Waals surface area contributed by atoms with Crippen LogP contribution < -0.4 is 0 Å². The van der Waals surface area contributed by atoms with E-state index < -0.39 is 6.10 Å². The molecule has 5 nitrogen and oxygen atoms in total. The lowest BCUT2D eigenvalue weighted by molar-refractivity contribution is 0.000520. The highest BCUT2D eigenvalue weighted by atomic mass is 16.5. The Bertz CT molecular complexity index is 380. The van der Waals surface area contributed by atoms with Crippen LogP contribution in [0, 0.1) is 0 Å². The maximum atomic E-state index is 10.0. The topological polar surface area (TPSA) is 56.2 Å². The highest BCUT2D eigenvalue weighted by Crippen LogP contribution is 2.04. The highest BCUT2D eigenvalue weighted by Gasteiger charge is 2.18. The fraction of sp³-hybridized carbons (Fsp3) is 0.625. The van der Waals surface area contributed by atoms with Crippen molar-refractivity contribution in [3.05, 3.63) is 35.9 Å². The fourth-order valence-corrected chi connectivity index (χ4v) is 2.57. The van der Waals surface area contributed by atoms with Gasteiger partial charge in [0.1, 0.15) is 0 Å². The van der Waals surface area contributed by atoms with Crippen LogP contribution in [0.1, 0.15) is 5.56 Å². The van der Waals surface area contributed by atoms with Crippen molar-refractivity contribution in [3.8, 4) is 0 Å². The van der Waals surface area contributed by atoms with Crippen molar-refractivity contribution in [2.45, 2.75) is 12.7 Å². The van der Waals surface area contributed by atoms with Crippen LogP contribution in [-0.4, -0.2) is 78.6 Å². The van der Waals surface area contributed by atoms with E-state index in [0.717, 1.165) is 38.3 Å². The molecule has 2 rings (SSSR count). The van der Waals surface area contributed by atoms with Gasteiger partial charge in [-0.3, -0.25) is 9.80 Å². The summed E-state index contributed by atoms with van der Waals surface area (Å²) in [4.78, 5) is 4.50. The minimum atomic E-state index is -0.446. The van der Waals surface area contributed by atoms with E-state index >= 15 is 0 Å². The summed E-state index contributed by atoms with van der Waals surface area (Å²) in [5, 5.41) is 18.9. The predicted octanol–water partition coefficient (Wildman–Crippen LogP) is 0.174. The Morgan fingerprint density at radius 1 is 1.05 bits per heavy atom. The Labute approximate surface area is 126 Å². The summed E-state index contributed by atoms with van der Waals surface area (Å²) in [6.07, 6.45) is -0.446. The van der Waals surface area contributed by atoms with Gasteiger partial charge in [-0.25, -0.2) is 0 Å². The second-order valence-corrected chi connectivity index (χ2v) is 5.52. The molecule has 1 saturated heterocycles. The van der Waals surface area contributed by atoms with Crippen molar-refractivity contribution in [2.24, 2.45) is 0 Å². The van der Waals surface area contributed by atoms with Gasteiger partial charge in [-0.1, -0.05) is 30.3 Å². The third kappa shape index (κ3) is 6.11. The number of nitrogens with zero attached hydrogens (tertiary/aromatic N) is 2. The number of benzene rings is 1. The van der Waals surface area contributed by atoms with E-state index in [1.165, 1.54) is 0 Å². The number of ether oxygens (including phenoxy) is 1. The first-order valence-electron chi connectivity index (χ1n) is 7.63. The summed E-state index contributed by atoms with van der Waals surface area (Å²) in [7, 11) is 0. The molecule has 1 fully saturated rings. The molecule has 1 atom stereocenters. The molecule has 1 aliphatic rings. The van der Waals surface area contributed by atoms with Gasteiger partial charge in [0.2, 0.25) is 0 Å². The molecule has 0 amide bonds. The van der Waals surface area contributed by atoms with Gasteiger partial charge >= 0.3 is 0 Å². The third-order valence-corrected chi connectivity index (χ3v) is 3.77. The molecule has 0 unspecified atom stereocenters. The van der Waals surface area contributed by atoms with Crippen LogP contribution in [-0.2, 0) is 11.3 Å². The SMILES string of the molecule is OCCN1CCN(C[C@@H](O)COCc2ccccc2)CC1. The van der Waals surface area contributed by atoms with E-state index in [2.05, 4.69) is 9.80 Å². The molecular formula is C16H26N2O3. The molecule has 0 aromatic heterocycles. The lowest BCUT2D eigenvalue weighted by Crippen LogP contribution is -2.49. The van der Waals surface area contributed by atoms with E-state index in [4.69, 9.17) is 9.84 Å². The van der Waals surface area contributed by atoms with Crippen LogP contribution in [0.25, 0.3) is 0 Å². The molecule has 1 aliphatic heterocycles. The van der Waals surface area contributed by atoms with Crippen LogP contribution in [0.5, 0.6) is 0 Å². The van der Waals surface area contributed by atoms with E-state index in [1.807, 2.05) is 30.3 Å². The molecule has 1 aromatic rings. The van der Waals surface area contributed by atoms with Crippen molar-refractivity contribution < 1.29 is 14.9 Å². The normalized spacial score (nSPS) is 18.8. The van der Waals surface area contributed by atoms with Gasteiger partial charge in [-0.15, -0.1) is 0 Å². The zero-order valence-electron chi connectivity index (χ0n) is 12.5. The standard InChI is InChI=1S/C16H26N2O3/c19-11-10-17-6-8-18(9-7-17)12-16(20)14-21-13-15-4-2-1-3-5-15/h1-5,16,19-20H,6-14H2/t16-/m1/s1. The van der Waals surface area contributed by atoms with Crippen molar-refractivity contribution in [3.63, 3.8) is 0 Å². The first kappa shape index (κ1) is 16.4. The van der Waals surface area contributed by atoms with Crippen molar-refractivity contribution in [2.75, 3.05) is 52.5 Å². The van der Waals surface area contributed by atoms with Crippen molar-refractivity contribution >= 4 is 0 Å². The van der Waals surface area contributed by atoms with Gasteiger partial charge in [0.05, 0.1) is 25.9 Å². The predicted molar refractivity (Wildman–Crippen MR) is 82.1 cm³/mol. The van der Waals surface area contributed by atoms with Crippen LogP contribution >= 0.6 is 0 Å². The number of hydrogen-bond donors (Lipinski definition) is 2. The van der Waals surface area contributed by atoms with Crippen molar-refractivity contribution in [1.82, 2.24) is 9.80 Å². The maximum Gasteiger partial charge on any atom is 0.0900 e. The summed E-state index contributed by atoms with van der Waals surface area (Å²) in [6, 6.07) is 10.00. The Morgan fingerprint density at radius 2 is 1.71 bits per heavy atom. The minimum absolute atomic E-state index is 0.218. The molecule has 1 aromatic carbocycles. The van der Waals surface area contributed by atoms with Gasteiger partial charge in [-0.2, -0.15) is 0 Å². The Kier molecular flexibility index (Phi) is 7.12. The van der Waals surface area contributed by atoms with Gasteiger partial charge in [-0.05, 0) is 5.56 Å². The second kappa shape index (κ2) is 9.12. The Morgan fingerprint density at radius 3 is 2.38 bits per heavy atom. The average molecular weight is 294 g/mol. The van der Waals surface area contributed by atoms with Crippen LogP contribution in [0.2, 0.25) is 0 Å². The van der Waals surface area contributed by atoms with Crippen LogP contribution in [0.15, 0.2) is 30.3 Å². The monoisotopic (exact) mass is 294 g/mol. The minimum Gasteiger partial charge on any atom is -0.395 e. The summed E-state index contributed by atoms with van der Waals surface area (Å²) in [5.74, 6) is 0. The number of hydrogen-bond acceptors (Lipinski definition) is 5. The van der Waals surface area contributed by atoms with Gasteiger partial charge in [0.25, 0.3) is 0 Å². The molecule has 0 spiro atoms. The van der Waals surface area contributed by atoms with E-state index in [0.29, 0.717) is 19.8 Å². The van der Waals surface area contributed by atoms with E-state index in [1.54, 1.807) is 0 Å². The molecule has 0 radical (unpaired) electrons. The van der Waals surface area contributed by atoms with Gasteiger partial charge < -0.3 is 14.9 Å². The molecule has 0 aliphatic carbocycles. The van der Waals surface area contributed by atoms with Crippen molar-refractivity contribution in [1.29, 1.82) is 0 Å². The molecule has 2 N–H and O–H groups in total. The zero-order valence-corrected chi connectivity index (χ0v) is 12.5. The summed E-state index contributed by atoms with van der Waals surface area (Å²) < 4.78 is 5.56.